The molecule has 0 atom stereocenters. The van der Waals surface area contributed by atoms with Crippen LogP contribution in [0.3, 0.4) is 0 Å². The summed E-state index contributed by atoms with van der Waals surface area (Å²) in [7, 11) is 0. The third-order valence-electron chi connectivity index (χ3n) is 1.88. The molecular formula is C10H9N3O. The molecule has 3 N–H and O–H groups in total. The summed E-state index contributed by atoms with van der Waals surface area (Å²) in [5.41, 5.74) is 6.90. The Hall–Kier alpha value is -2.10. The maximum Gasteiger partial charge on any atom is 0.225 e. The standard InChI is InChI=1S/C10H9N3O/c11-9(12)7-1-3-8(4-2-7)10-13-5-6-14-10/h1-6H,(H3,11,12). The Labute approximate surface area is 80.9 Å². The van der Waals surface area contributed by atoms with Crippen LogP contribution in [0.1, 0.15) is 5.56 Å². The van der Waals surface area contributed by atoms with Crippen LogP contribution in [0.5, 0.6) is 0 Å². The number of benzene rings is 1. The van der Waals surface area contributed by atoms with Crippen molar-refractivity contribution in [2.75, 3.05) is 0 Å². The van der Waals surface area contributed by atoms with E-state index in [4.69, 9.17) is 15.6 Å². The van der Waals surface area contributed by atoms with Crippen LogP contribution < -0.4 is 5.73 Å². The first-order valence-electron chi connectivity index (χ1n) is 4.12. The fraction of sp³-hybridized carbons (Fsp3) is 0. The SMILES string of the molecule is N=C(N)c1ccc(-c2ncco2)cc1. The second-order valence-electron chi connectivity index (χ2n) is 2.83. The highest BCUT2D eigenvalue weighted by atomic mass is 16.3. The van der Waals surface area contributed by atoms with Crippen molar-refractivity contribution in [1.82, 2.24) is 4.98 Å². The largest absolute Gasteiger partial charge is 0.445 e. The molecule has 0 aliphatic rings. The zero-order valence-corrected chi connectivity index (χ0v) is 7.40. The van der Waals surface area contributed by atoms with Gasteiger partial charge in [0.05, 0.1) is 6.20 Å². The van der Waals surface area contributed by atoms with Gasteiger partial charge in [0.15, 0.2) is 0 Å². The molecule has 0 radical (unpaired) electrons. The van der Waals surface area contributed by atoms with Crippen LogP contribution in [0.2, 0.25) is 0 Å². The summed E-state index contributed by atoms with van der Waals surface area (Å²) in [6.07, 6.45) is 3.11. The molecule has 4 heteroatoms. The van der Waals surface area contributed by atoms with E-state index in [-0.39, 0.29) is 5.84 Å². The predicted octanol–water partition coefficient (Wildman–Crippen LogP) is 1.63. The summed E-state index contributed by atoms with van der Waals surface area (Å²) >= 11 is 0. The van der Waals surface area contributed by atoms with Gasteiger partial charge < -0.3 is 10.2 Å². The number of nitrogen functional groups attached to an aromatic ring is 1. The molecule has 1 aromatic heterocycles. The van der Waals surface area contributed by atoms with Gasteiger partial charge in [-0.25, -0.2) is 4.98 Å². The Morgan fingerprint density at radius 2 is 2.00 bits per heavy atom. The second kappa shape index (κ2) is 3.33. The van der Waals surface area contributed by atoms with Crippen molar-refractivity contribution >= 4 is 5.84 Å². The number of hydrogen-bond acceptors (Lipinski definition) is 3. The topological polar surface area (TPSA) is 75.9 Å². The number of nitrogens with one attached hydrogen (secondary N) is 1. The van der Waals surface area contributed by atoms with Crippen molar-refractivity contribution in [3.05, 3.63) is 42.3 Å². The van der Waals surface area contributed by atoms with E-state index >= 15 is 0 Å². The molecule has 0 bridgehead atoms. The summed E-state index contributed by atoms with van der Waals surface area (Å²) in [6.45, 7) is 0. The number of nitrogens with zero attached hydrogens (tertiary/aromatic N) is 1. The van der Waals surface area contributed by atoms with E-state index in [0.29, 0.717) is 11.5 Å². The minimum absolute atomic E-state index is 0.0592. The second-order valence-corrected chi connectivity index (χ2v) is 2.83. The number of amidine groups is 1. The first kappa shape index (κ1) is 8.50. The van der Waals surface area contributed by atoms with Gasteiger partial charge in [-0.2, -0.15) is 0 Å². The summed E-state index contributed by atoms with van der Waals surface area (Å²) in [4.78, 5) is 4.01. The van der Waals surface area contributed by atoms with Crippen molar-refractivity contribution < 1.29 is 4.42 Å². The molecular weight excluding hydrogens is 178 g/mol. The minimum Gasteiger partial charge on any atom is -0.445 e. The normalized spacial score (nSPS) is 10.0. The zero-order chi connectivity index (χ0) is 9.97. The monoisotopic (exact) mass is 187 g/mol. The molecule has 0 aliphatic heterocycles. The van der Waals surface area contributed by atoms with Crippen molar-refractivity contribution in [3.8, 4) is 11.5 Å². The average molecular weight is 187 g/mol. The lowest BCUT2D eigenvalue weighted by Crippen LogP contribution is -2.10. The van der Waals surface area contributed by atoms with Crippen LogP contribution >= 0.6 is 0 Å². The Bertz CT molecular complexity index is 431. The van der Waals surface area contributed by atoms with Gasteiger partial charge in [0.2, 0.25) is 5.89 Å². The lowest BCUT2D eigenvalue weighted by molar-refractivity contribution is 0.574. The fourth-order valence-electron chi connectivity index (χ4n) is 1.16. The summed E-state index contributed by atoms with van der Waals surface area (Å²) in [5, 5.41) is 7.22. The lowest BCUT2D eigenvalue weighted by atomic mass is 10.1. The molecule has 4 nitrogen and oxygen atoms in total. The Kier molecular flexibility index (Phi) is 2.02. The van der Waals surface area contributed by atoms with Crippen LogP contribution in [-0.2, 0) is 0 Å². The van der Waals surface area contributed by atoms with Gasteiger partial charge in [-0.1, -0.05) is 12.1 Å². The van der Waals surface area contributed by atoms with Crippen molar-refractivity contribution in [2.24, 2.45) is 5.73 Å². The molecule has 2 rings (SSSR count). The van der Waals surface area contributed by atoms with Gasteiger partial charge >= 0.3 is 0 Å². The van der Waals surface area contributed by atoms with Crippen LogP contribution in [0.15, 0.2) is 41.1 Å². The highest BCUT2D eigenvalue weighted by Gasteiger charge is 2.02. The van der Waals surface area contributed by atoms with Crippen molar-refractivity contribution in [2.45, 2.75) is 0 Å². The summed E-state index contributed by atoms with van der Waals surface area (Å²) in [6, 6.07) is 7.18. The first-order valence-corrected chi connectivity index (χ1v) is 4.12. The summed E-state index contributed by atoms with van der Waals surface area (Å²) in [5.74, 6) is 0.629. The van der Waals surface area contributed by atoms with E-state index in [0.717, 1.165) is 5.56 Å². The van der Waals surface area contributed by atoms with E-state index in [1.54, 1.807) is 18.3 Å². The van der Waals surface area contributed by atoms with Crippen molar-refractivity contribution in [1.29, 1.82) is 5.41 Å². The van der Waals surface area contributed by atoms with Crippen LogP contribution in [-0.4, -0.2) is 10.8 Å². The van der Waals surface area contributed by atoms with E-state index < -0.39 is 0 Å². The molecule has 0 fully saturated rings. The van der Waals surface area contributed by atoms with Gasteiger partial charge in [0.25, 0.3) is 0 Å². The van der Waals surface area contributed by atoms with Crippen LogP contribution in [0, 0.1) is 5.41 Å². The maximum atomic E-state index is 7.22. The number of nitrogens with two attached hydrogens (primary N) is 1. The predicted molar refractivity (Wildman–Crippen MR) is 53.0 cm³/mol. The van der Waals surface area contributed by atoms with E-state index in [2.05, 4.69) is 4.98 Å². The number of aromatic nitrogens is 1. The summed E-state index contributed by atoms with van der Waals surface area (Å²) < 4.78 is 5.12. The van der Waals surface area contributed by atoms with Gasteiger partial charge in [0.1, 0.15) is 12.1 Å². The Morgan fingerprint density at radius 1 is 1.29 bits per heavy atom. The molecule has 2 aromatic rings. The minimum atomic E-state index is 0.0592. The van der Waals surface area contributed by atoms with Crippen LogP contribution in [0.25, 0.3) is 11.5 Å². The quantitative estimate of drug-likeness (QED) is 0.554. The third kappa shape index (κ3) is 1.50. The molecule has 1 heterocycles. The lowest BCUT2D eigenvalue weighted by Gasteiger charge is -1.98. The molecule has 0 saturated heterocycles. The van der Waals surface area contributed by atoms with Gasteiger partial charge in [-0.05, 0) is 12.1 Å². The fourth-order valence-corrected chi connectivity index (χ4v) is 1.16. The number of rotatable bonds is 2. The van der Waals surface area contributed by atoms with E-state index in [9.17, 15) is 0 Å². The maximum absolute atomic E-state index is 7.22. The first-order chi connectivity index (χ1) is 6.77. The Morgan fingerprint density at radius 3 is 2.50 bits per heavy atom. The van der Waals surface area contributed by atoms with E-state index in [1.165, 1.54) is 6.26 Å². The molecule has 14 heavy (non-hydrogen) atoms. The van der Waals surface area contributed by atoms with Gasteiger partial charge in [0, 0.05) is 11.1 Å². The molecule has 1 aromatic carbocycles. The molecule has 70 valence electrons. The zero-order valence-electron chi connectivity index (χ0n) is 7.40. The third-order valence-corrected chi connectivity index (χ3v) is 1.88. The number of hydrogen-bond donors (Lipinski definition) is 2. The van der Waals surface area contributed by atoms with Gasteiger partial charge in [-0.15, -0.1) is 0 Å². The number of oxazole rings is 1. The molecule has 0 unspecified atom stereocenters. The molecule has 0 spiro atoms. The average Bonchev–Trinajstić information content (AvgIpc) is 2.71. The Balaban J connectivity index is 2.36. The van der Waals surface area contributed by atoms with E-state index in [1.807, 2.05) is 12.1 Å². The van der Waals surface area contributed by atoms with Gasteiger partial charge in [-0.3, -0.25) is 5.41 Å². The van der Waals surface area contributed by atoms with Crippen molar-refractivity contribution in [3.63, 3.8) is 0 Å². The molecule has 0 amide bonds. The molecule has 0 aliphatic carbocycles. The highest BCUT2D eigenvalue weighted by molar-refractivity contribution is 5.95. The van der Waals surface area contributed by atoms with Crippen LogP contribution in [0.4, 0.5) is 0 Å². The molecule has 0 saturated carbocycles. The smallest absolute Gasteiger partial charge is 0.225 e. The highest BCUT2D eigenvalue weighted by Crippen LogP contribution is 2.16.